The van der Waals surface area contributed by atoms with E-state index in [9.17, 15) is 0 Å². The van der Waals surface area contributed by atoms with Gasteiger partial charge >= 0.3 is 0 Å². The number of hydrogen-bond donors (Lipinski definition) is 1. The van der Waals surface area contributed by atoms with Crippen LogP contribution in [0.15, 0.2) is 6.20 Å². The number of anilines is 1. The van der Waals surface area contributed by atoms with Crippen molar-refractivity contribution in [1.82, 2.24) is 4.98 Å². The summed E-state index contributed by atoms with van der Waals surface area (Å²) in [7, 11) is 0. The summed E-state index contributed by atoms with van der Waals surface area (Å²) in [6.07, 6.45) is 2.88. The lowest BCUT2D eigenvalue weighted by molar-refractivity contribution is 0.285. The molecule has 1 N–H and O–H groups in total. The summed E-state index contributed by atoms with van der Waals surface area (Å²) in [4.78, 5) is 7.42. The summed E-state index contributed by atoms with van der Waals surface area (Å²) in [5, 5.41) is 9.91. The van der Waals surface area contributed by atoms with Gasteiger partial charge in [-0.25, -0.2) is 4.98 Å². The van der Waals surface area contributed by atoms with Crippen molar-refractivity contribution in [3.63, 3.8) is 0 Å². The second kappa shape index (κ2) is 5.19. The average molecular weight is 200 g/mol. The lowest BCUT2D eigenvalue weighted by Crippen LogP contribution is -2.22. The Morgan fingerprint density at radius 2 is 2.31 bits per heavy atom. The van der Waals surface area contributed by atoms with Crippen LogP contribution in [0.3, 0.4) is 0 Å². The molecule has 0 unspecified atom stereocenters. The second-order valence-electron chi connectivity index (χ2n) is 2.85. The van der Waals surface area contributed by atoms with E-state index >= 15 is 0 Å². The minimum atomic E-state index is 0.0986. The topological polar surface area (TPSA) is 36.4 Å². The van der Waals surface area contributed by atoms with E-state index in [0.717, 1.165) is 29.5 Å². The summed E-state index contributed by atoms with van der Waals surface area (Å²) in [5.41, 5.74) is 0. The molecule has 0 spiro atoms. The number of thiazole rings is 1. The van der Waals surface area contributed by atoms with E-state index in [2.05, 4.69) is 23.7 Å². The monoisotopic (exact) mass is 200 g/mol. The zero-order valence-corrected chi connectivity index (χ0v) is 8.97. The summed E-state index contributed by atoms with van der Waals surface area (Å²) in [6, 6.07) is 0. The van der Waals surface area contributed by atoms with E-state index in [1.807, 2.05) is 0 Å². The highest BCUT2D eigenvalue weighted by atomic mass is 32.1. The van der Waals surface area contributed by atoms with Crippen LogP contribution < -0.4 is 4.90 Å². The summed E-state index contributed by atoms with van der Waals surface area (Å²) < 4.78 is 0. The highest BCUT2D eigenvalue weighted by Gasteiger charge is 2.07. The van der Waals surface area contributed by atoms with E-state index in [-0.39, 0.29) is 6.61 Å². The normalized spacial score (nSPS) is 10.4. The molecule has 4 heteroatoms. The van der Waals surface area contributed by atoms with Gasteiger partial charge in [0.15, 0.2) is 5.13 Å². The zero-order chi connectivity index (χ0) is 9.68. The fourth-order valence-electron chi connectivity index (χ4n) is 1.18. The van der Waals surface area contributed by atoms with Gasteiger partial charge in [-0.2, -0.15) is 0 Å². The minimum Gasteiger partial charge on any atom is -0.391 e. The van der Waals surface area contributed by atoms with Gasteiger partial charge in [0.25, 0.3) is 0 Å². The van der Waals surface area contributed by atoms with Crippen molar-refractivity contribution in [2.75, 3.05) is 18.0 Å². The van der Waals surface area contributed by atoms with Crippen molar-refractivity contribution in [2.24, 2.45) is 0 Å². The Morgan fingerprint density at radius 1 is 1.54 bits per heavy atom. The van der Waals surface area contributed by atoms with Crippen molar-refractivity contribution in [3.8, 4) is 0 Å². The van der Waals surface area contributed by atoms with Crippen molar-refractivity contribution in [2.45, 2.75) is 26.9 Å². The maximum atomic E-state index is 8.89. The first-order valence-electron chi connectivity index (χ1n) is 4.62. The molecule has 0 aliphatic rings. The summed E-state index contributed by atoms with van der Waals surface area (Å²) >= 11 is 1.57. The molecule has 0 fully saturated rings. The standard InChI is InChI=1S/C9H16N2OS/c1-3-5-11(4-2)9-10-6-8(7-12)13-9/h6,12H,3-5,7H2,1-2H3. The molecular weight excluding hydrogens is 184 g/mol. The third kappa shape index (κ3) is 2.67. The molecule has 3 nitrogen and oxygen atoms in total. The quantitative estimate of drug-likeness (QED) is 0.788. The number of aliphatic hydroxyl groups excluding tert-OH is 1. The van der Waals surface area contributed by atoms with Gasteiger partial charge in [-0.1, -0.05) is 18.3 Å². The van der Waals surface area contributed by atoms with Gasteiger partial charge in [0.1, 0.15) is 0 Å². The Bertz CT molecular complexity index is 250. The van der Waals surface area contributed by atoms with Gasteiger partial charge < -0.3 is 10.0 Å². The number of nitrogens with zero attached hydrogens (tertiary/aromatic N) is 2. The van der Waals surface area contributed by atoms with Crippen molar-refractivity contribution < 1.29 is 5.11 Å². The molecule has 0 aromatic carbocycles. The van der Waals surface area contributed by atoms with Crippen LogP contribution in [0, 0.1) is 0 Å². The van der Waals surface area contributed by atoms with Crippen LogP contribution in [0.4, 0.5) is 5.13 Å². The lowest BCUT2D eigenvalue weighted by atomic mass is 10.4. The third-order valence-corrected chi connectivity index (χ3v) is 2.89. The van der Waals surface area contributed by atoms with Crippen molar-refractivity contribution in [3.05, 3.63) is 11.1 Å². The van der Waals surface area contributed by atoms with Crippen LogP contribution in [0.2, 0.25) is 0 Å². The van der Waals surface area contributed by atoms with Gasteiger partial charge in [0, 0.05) is 19.3 Å². The first-order valence-corrected chi connectivity index (χ1v) is 5.44. The SMILES string of the molecule is CCCN(CC)c1ncc(CO)s1. The molecule has 1 heterocycles. The smallest absolute Gasteiger partial charge is 0.185 e. The molecule has 0 amide bonds. The average Bonchev–Trinajstić information content (AvgIpc) is 2.62. The Morgan fingerprint density at radius 3 is 2.77 bits per heavy atom. The van der Waals surface area contributed by atoms with Crippen molar-refractivity contribution in [1.29, 1.82) is 0 Å². The Balaban J connectivity index is 2.67. The predicted octanol–water partition coefficient (Wildman–Crippen LogP) is 1.87. The molecule has 0 saturated carbocycles. The second-order valence-corrected chi connectivity index (χ2v) is 3.94. The molecule has 1 aromatic rings. The van der Waals surface area contributed by atoms with Crippen LogP contribution in [0.25, 0.3) is 0 Å². The maximum Gasteiger partial charge on any atom is 0.185 e. The largest absolute Gasteiger partial charge is 0.391 e. The van der Waals surface area contributed by atoms with Gasteiger partial charge in [-0.15, -0.1) is 0 Å². The molecule has 0 saturated heterocycles. The van der Waals surface area contributed by atoms with Crippen molar-refractivity contribution >= 4 is 16.5 Å². The third-order valence-electron chi connectivity index (χ3n) is 1.84. The minimum absolute atomic E-state index is 0.0986. The number of aliphatic hydroxyl groups is 1. The molecule has 1 rings (SSSR count). The molecule has 0 radical (unpaired) electrons. The number of rotatable bonds is 5. The van der Waals surface area contributed by atoms with Crippen LogP contribution in [0.5, 0.6) is 0 Å². The van der Waals surface area contributed by atoms with Crippen LogP contribution in [-0.2, 0) is 6.61 Å². The van der Waals surface area contributed by atoms with E-state index < -0.39 is 0 Å². The first kappa shape index (κ1) is 10.5. The summed E-state index contributed by atoms with van der Waals surface area (Å²) in [6.45, 7) is 6.39. The molecule has 1 aromatic heterocycles. The Hall–Kier alpha value is -0.610. The summed E-state index contributed by atoms with van der Waals surface area (Å²) in [5.74, 6) is 0. The molecule has 0 aliphatic carbocycles. The van der Waals surface area contributed by atoms with Gasteiger partial charge in [0.05, 0.1) is 11.5 Å². The van der Waals surface area contributed by atoms with E-state index in [4.69, 9.17) is 5.11 Å². The fraction of sp³-hybridized carbons (Fsp3) is 0.667. The maximum absolute atomic E-state index is 8.89. The Kier molecular flexibility index (Phi) is 4.18. The molecule has 0 bridgehead atoms. The van der Waals surface area contributed by atoms with Gasteiger partial charge in [0.2, 0.25) is 0 Å². The van der Waals surface area contributed by atoms with E-state index in [1.54, 1.807) is 17.5 Å². The molecule has 74 valence electrons. The van der Waals surface area contributed by atoms with Gasteiger partial charge in [-0.05, 0) is 13.3 Å². The number of hydrogen-bond acceptors (Lipinski definition) is 4. The fourth-order valence-corrected chi connectivity index (χ4v) is 2.03. The first-order chi connectivity index (χ1) is 6.31. The van der Waals surface area contributed by atoms with Crippen LogP contribution in [0.1, 0.15) is 25.1 Å². The van der Waals surface area contributed by atoms with Gasteiger partial charge in [-0.3, -0.25) is 0 Å². The highest BCUT2D eigenvalue weighted by Crippen LogP contribution is 2.22. The van der Waals surface area contributed by atoms with Crippen LogP contribution >= 0.6 is 11.3 Å². The molecule has 0 aliphatic heterocycles. The number of aromatic nitrogens is 1. The Labute approximate surface area is 83.0 Å². The molecule has 13 heavy (non-hydrogen) atoms. The van der Waals surface area contributed by atoms with E-state index in [1.165, 1.54) is 0 Å². The highest BCUT2D eigenvalue weighted by molar-refractivity contribution is 7.15. The molecular formula is C9H16N2OS. The lowest BCUT2D eigenvalue weighted by Gasteiger charge is -2.18. The van der Waals surface area contributed by atoms with E-state index in [0.29, 0.717) is 0 Å². The predicted molar refractivity (Wildman–Crippen MR) is 56.2 cm³/mol. The van der Waals surface area contributed by atoms with Crippen LogP contribution in [-0.4, -0.2) is 23.2 Å². The zero-order valence-electron chi connectivity index (χ0n) is 8.16. The molecule has 0 atom stereocenters.